The molecule has 0 radical (unpaired) electrons. The molecule has 1 aromatic carbocycles. The van der Waals surface area contributed by atoms with Crippen LogP contribution in [0.15, 0.2) is 18.2 Å². The highest BCUT2D eigenvalue weighted by atomic mass is 19.1. The lowest BCUT2D eigenvalue weighted by atomic mass is 9.99. The number of ketones is 1. The van der Waals surface area contributed by atoms with Gasteiger partial charge in [0.15, 0.2) is 5.78 Å². The molecule has 0 fully saturated rings. The lowest BCUT2D eigenvalue weighted by Crippen LogP contribution is -2.53. The van der Waals surface area contributed by atoms with Crippen LogP contribution in [0.25, 0.3) is 0 Å². The molecule has 8 heteroatoms. The van der Waals surface area contributed by atoms with Gasteiger partial charge in [0.05, 0.1) is 12.1 Å². The van der Waals surface area contributed by atoms with Crippen molar-refractivity contribution in [1.82, 2.24) is 5.32 Å². The first-order chi connectivity index (χ1) is 12.8. The third kappa shape index (κ3) is 3.56. The predicted octanol–water partition coefficient (Wildman–Crippen LogP) is 1.02. The Labute approximate surface area is 155 Å². The highest BCUT2D eigenvalue weighted by molar-refractivity contribution is 6.06. The molecule has 0 bridgehead atoms. The van der Waals surface area contributed by atoms with Crippen LogP contribution in [0.2, 0.25) is 0 Å². The number of Topliss-reactive ketones (excluding diaryl/α,β-unsaturated/α-hetero) is 1. The van der Waals surface area contributed by atoms with Crippen LogP contribution in [-0.4, -0.2) is 47.4 Å². The number of amides is 2. The molecule has 27 heavy (non-hydrogen) atoms. The van der Waals surface area contributed by atoms with Crippen molar-refractivity contribution in [3.8, 4) is 0 Å². The Kier molecular flexibility index (Phi) is 5.25. The number of nitrogens with zero attached hydrogens (tertiary/aromatic N) is 1. The summed E-state index contributed by atoms with van der Waals surface area (Å²) in [7, 11) is 0. The summed E-state index contributed by atoms with van der Waals surface area (Å²) in [6, 6.07) is 3.33. The third-order valence-corrected chi connectivity index (χ3v) is 5.19. The molecule has 0 saturated heterocycles. The second-order valence-corrected chi connectivity index (χ2v) is 7.05. The summed E-state index contributed by atoms with van der Waals surface area (Å²) in [5.74, 6) is -3.41. The van der Waals surface area contributed by atoms with E-state index in [-0.39, 0.29) is 18.2 Å². The normalized spacial score (nSPS) is 22.0. The van der Waals surface area contributed by atoms with Crippen LogP contribution in [-0.2, 0) is 32.0 Å². The van der Waals surface area contributed by atoms with E-state index in [0.717, 1.165) is 23.2 Å². The first-order valence-corrected chi connectivity index (χ1v) is 8.88. The molecule has 7 nitrogen and oxygen atoms in total. The first kappa shape index (κ1) is 19.0. The number of hydrogen-bond acceptors (Lipinski definition) is 4. The topological polar surface area (TPSA) is 104 Å². The minimum absolute atomic E-state index is 0.176. The molecule has 1 aromatic rings. The van der Waals surface area contributed by atoms with Gasteiger partial charge in [-0.05, 0) is 24.0 Å². The van der Waals surface area contributed by atoms with Crippen LogP contribution in [0.5, 0.6) is 0 Å². The molecule has 1 unspecified atom stereocenters. The molecule has 3 atom stereocenters. The molecular weight excluding hydrogens is 355 g/mol. The number of halogens is 1. The van der Waals surface area contributed by atoms with Crippen LogP contribution in [0.4, 0.5) is 10.1 Å². The van der Waals surface area contributed by atoms with E-state index in [2.05, 4.69) is 5.32 Å². The molecule has 3 rings (SSSR count). The van der Waals surface area contributed by atoms with E-state index < -0.39 is 42.8 Å². The lowest BCUT2D eigenvalue weighted by Gasteiger charge is -2.27. The van der Waals surface area contributed by atoms with E-state index >= 15 is 0 Å². The number of carboxylic acids is 1. The zero-order valence-electron chi connectivity index (χ0n) is 14.9. The fourth-order valence-electron chi connectivity index (χ4n) is 3.76. The Hall–Kier alpha value is -2.77. The number of alkyl halides is 1. The number of carbonyl (C=O) groups excluding carboxylic acids is 3. The highest BCUT2D eigenvalue weighted by Gasteiger charge is 2.43. The molecular formula is C19H21FN2O5. The zero-order valence-corrected chi connectivity index (χ0v) is 14.9. The monoisotopic (exact) mass is 376 g/mol. The van der Waals surface area contributed by atoms with Crippen molar-refractivity contribution in [1.29, 1.82) is 0 Å². The lowest BCUT2D eigenvalue weighted by molar-refractivity contribution is -0.140. The molecule has 2 aliphatic rings. The van der Waals surface area contributed by atoms with Crippen LogP contribution in [0, 0.1) is 5.92 Å². The fourth-order valence-corrected chi connectivity index (χ4v) is 3.76. The van der Waals surface area contributed by atoms with Gasteiger partial charge in [-0.25, -0.2) is 4.39 Å². The Morgan fingerprint density at radius 2 is 2.04 bits per heavy atom. The van der Waals surface area contributed by atoms with Gasteiger partial charge in [0.25, 0.3) is 0 Å². The van der Waals surface area contributed by atoms with E-state index in [1.54, 1.807) is 6.92 Å². The summed E-state index contributed by atoms with van der Waals surface area (Å²) in [5, 5.41) is 11.3. The quantitative estimate of drug-likeness (QED) is 0.772. The minimum Gasteiger partial charge on any atom is -0.481 e. The maximum absolute atomic E-state index is 12.9. The Morgan fingerprint density at radius 3 is 2.70 bits per heavy atom. The van der Waals surface area contributed by atoms with Crippen LogP contribution < -0.4 is 10.2 Å². The number of anilines is 1. The van der Waals surface area contributed by atoms with E-state index in [9.17, 15) is 23.6 Å². The number of hydrogen-bond donors (Lipinski definition) is 2. The van der Waals surface area contributed by atoms with Gasteiger partial charge in [0.2, 0.25) is 11.8 Å². The molecule has 0 aliphatic carbocycles. The summed E-state index contributed by atoms with van der Waals surface area (Å²) < 4.78 is 12.7. The molecule has 144 valence electrons. The minimum atomic E-state index is -1.46. The van der Waals surface area contributed by atoms with Crippen molar-refractivity contribution in [3.63, 3.8) is 0 Å². The third-order valence-electron chi connectivity index (χ3n) is 5.19. The first-order valence-electron chi connectivity index (χ1n) is 8.88. The standard InChI is InChI=1S/C19H21FN2O5/c1-10-5-6-11-3-2-4-12-7-14(22(17(11)12)19(10)27)18(26)21-13(8-16(24)25)15(23)9-20/h2-4,10,13-14H,5-9H2,1H3,(H,21,26)(H,24,25)/t10-,13?,14-/m0/s1. The van der Waals surface area contributed by atoms with E-state index in [1.165, 1.54) is 4.90 Å². The fraction of sp³-hybridized carbons (Fsp3) is 0.474. The number of aryl methyl sites for hydroxylation is 1. The highest BCUT2D eigenvalue weighted by Crippen LogP contribution is 2.40. The summed E-state index contributed by atoms with van der Waals surface area (Å²) in [4.78, 5) is 49.8. The van der Waals surface area contributed by atoms with Gasteiger partial charge < -0.3 is 10.4 Å². The van der Waals surface area contributed by atoms with Crippen molar-refractivity contribution in [2.75, 3.05) is 11.6 Å². The van der Waals surface area contributed by atoms with Crippen molar-refractivity contribution in [2.45, 2.75) is 44.7 Å². The van der Waals surface area contributed by atoms with Crippen LogP contribution in [0.1, 0.15) is 30.9 Å². The smallest absolute Gasteiger partial charge is 0.305 e. The molecule has 0 spiro atoms. The Bertz CT molecular complexity index is 809. The van der Waals surface area contributed by atoms with Crippen molar-refractivity contribution in [2.24, 2.45) is 5.92 Å². The predicted molar refractivity (Wildman–Crippen MR) is 94.1 cm³/mol. The Morgan fingerprint density at radius 1 is 1.33 bits per heavy atom. The molecule has 2 heterocycles. The SMILES string of the molecule is C[C@H]1CCc2cccc3c2N(C1=O)[C@H](C(=O)NC(CC(=O)O)C(=O)CF)C3. The van der Waals surface area contributed by atoms with Gasteiger partial charge in [-0.1, -0.05) is 25.1 Å². The largest absolute Gasteiger partial charge is 0.481 e. The molecule has 2 amide bonds. The Balaban J connectivity index is 1.89. The zero-order chi connectivity index (χ0) is 19.7. The van der Waals surface area contributed by atoms with E-state index in [1.807, 2.05) is 18.2 Å². The maximum atomic E-state index is 12.9. The number of para-hydroxylation sites is 1. The van der Waals surface area contributed by atoms with Gasteiger partial charge >= 0.3 is 5.97 Å². The summed E-state index contributed by atoms with van der Waals surface area (Å²) in [6.07, 6.45) is 0.964. The number of rotatable bonds is 6. The van der Waals surface area contributed by atoms with Crippen molar-refractivity contribution < 1.29 is 28.7 Å². The molecule has 0 aromatic heterocycles. The molecule has 2 aliphatic heterocycles. The van der Waals surface area contributed by atoms with Crippen LogP contribution >= 0.6 is 0 Å². The van der Waals surface area contributed by atoms with Gasteiger partial charge in [-0.2, -0.15) is 0 Å². The van der Waals surface area contributed by atoms with E-state index in [4.69, 9.17) is 5.11 Å². The second kappa shape index (κ2) is 7.46. The van der Waals surface area contributed by atoms with Gasteiger partial charge in [0.1, 0.15) is 18.8 Å². The average Bonchev–Trinajstić information content (AvgIpc) is 2.98. The average molecular weight is 376 g/mol. The molecule has 0 saturated carbocycles. The second-order valence-electron chi connectivity index (χ2n) is 7.05. The van der Waals surface area contributed by atoms with Crippen LogP contribution in [0.3, 0.4) is 0 Å². The van der Waals surface area contributed by atoms with Crippen molar-refractivity contribution >= 4 is 29.3 Å². The number of aliphatic carboxylic acids is 1. The van der Waals surface area contributed by atoms with Gasteiger partial charge in [-0.3, -0.25) is 24.1 Å². The summed E-state index contributed by atoms with van der Waals surface area (Å²) in [6.45, 7) is 0.438. The molecule has 2 N–H and O–H groups in total. The number of carbonyl (C=O) groups is 4. The van der Waals surface area contributed by atoms with E-state index in [0.29, 0.717) is 6.42 Å². The number of nitrogens with one attached hydrogen (secondary N) is 1. The van der Waals surface area contributed by atoms with Gasteiger partial charge in [0, 0.05) is 12.3 Å². The number of benzene rings is 1. The van der Waals surface area contributed by atoms with Gasteiger partial charge in [-0.15, -0.1) is 0 Å². The van der Waals surface area contributed by atoms with Crippen molar-refractivity contribution in [3.05, 3.63) is 29.3 Å². The summed E-state index contributed by atoms with van der Waals surface area (Å²) in [5.41, 5.74) is 2.59. The summed E-state index contributed by atoms with van der Waals surface area (Å²) >= 11 is 0. The number of carboxylic acid groups (broad SMARTS) is 1. The maximum Gasteiger partial charge on any atom is 0.305 e.